The Labute approximate surface area is 154 Å². The number of epoxide rings is 1. The zero-order chi connectivity index (χ0) is 18.6. The molecule has 7 heteroatoms. The highest BCUT2D eigenvalue weighted by Crippen LogP contribution is 2.14. The average molecular weight is 397 g/mol. The molecule has 0 radical (unpaired) electrons. The zero-order valence-electron chi connectivity index (χ0n) is 15.7. The Bertz CT molecular complexity index is 536. The van der Waals surface area contributed by atoms with Crippen LogP contribution in [-0.2, 0) is 24.4 Å². The van der Waals surface area contributed by atoms with Crippen LogP contribution in [0.15, 0.2) is 0 Å². The van der Waals surface area contributed by atoms with E-state index in [1.54, 1.807) is 0 Å². The molecule has 0 aromatic carbocycles. The number of unbranched alkanes of at least 4 members (excludes halogenated alkanes) is 9. The third kappa shape index (κ3) is 13.7. The van der Waals surface area contributed by atoms with Crippen LogP contribution in [0.25, 0.3) is 0 Å². The van der Waals surface area contributed by atoms with Crippen molar-refractivity contribution in [2.24, 2.45) is 0 Å². The largest absolute Gasteiger partial charge is 0.372 e. The molecule has 0 spiro atoms. The minimum Gasteiger partial charge on any atom is -0.372 e. The predicted molar refractivity (Wildman–Crippen MR) is 104 cm³/mol. The Balaban J connectivity index is 1.96. The van der Waals surface area contributed by atoms with Gasteiger partial charge in [0.2, 0.25) is 0 Å². The van der Waals surface area contributed by atoms with Crippen molar-refractivity contribution >= 4 is 19.7 Å². The van der Waals surface area contributed by atoms with E-state index in [0.29, 0.717) is 25.2 Å². The molecule has 5 nitrogen and oxygen atoms in total. The van der Waals surface area contributed by atoms with E-state index in [1.165, 1.54) is 25.7 Å². The van der Waals surface area contributed by atoms with Crippen molar-refractivity contribution in [2.75, 3.05) is 29.6 Å². The van der Waals surface area contributed by atoms with Crippen LogP contribution in [-0.4, -0.2) is 52.6 Å². The number of ether oxygens (including phenoxy) is 1. The molecule has 0 N–H and O–H groups in total. The van der Waals surface area contributed by atoms with Crippen LogP contribution in [0.2, 0.25) is 0 Å². The van der Waals surface area contributed by atoms with Gasteiger partial charge in [-0.15, -0.1) is 0 Å². The van der Waals surface area contributed by atoms with Crippen LogP contribution in [0.1, 0.15) is 77.6 Å². The molecular weight excluding hydrogens is 360 g/mol. The molecule has 1 saturated heterocycles. The van der Waals surface area contributed by atoms with Crippen molar-refractivity contribution in [2.45, 2.75) is 83.7 Å². The van der Waals surface area contributed by atoms with E-state index in [2.05, 4.69) is 6.92 Å². The molecule has 0 aliphatic carbocycles. The van der Waals surface area contributed by atoms with Crippen molar-refractivity contribution in [3.63, 3.8) is 0 Å². The molecular formula is C18H36O5S2. The second-order valence-corrected chi connectivity index (χ2v) is 11.8. The molecule has 150 valence electrons. The normalized spacial score (nSPS) is 17.7. The Morgan fingerprint density at radius 1 is 0.680 bits per heavy atom. The first-order chi connectivity index (χ1) is 11.8. The van der Waals surface area contributed by atoms with Crippen molar-refractivity contribution in [1.82, 2.24) is 0 Å². The molecule has 0 bridgehead atoms. The molecule has 0 saturated carbocycles. The van der Waals surface area contributed by atoms with Gasteiger partial charge < -0.3 is 4.74 Å². The van der Waals surface area contributed by atoms with Crippen molar-refractivity contribution in [1.29, 1.82) is 0 Å². The zero-order valence-corrected chi connectivity index (χ0v) is 17.4. The Kier molecular flexibility index (Phi) is 11.3. The monoisotopic (exact) mass is 396 g/mol. The van der Waals surface area contributed by atoms with E-state index in [0.717, 1.165) is 32.1 Å². The number of sulfone groups is 2. The van der Waals surface area contributed by atoms with Gasteiger partial charge in [-0.3, -0.25) is 0 Å². The van der Waals surface area contributed by atoms with Gasteiger partial charge in [-0.2, -0.15) is 0 Å². The molecule has 0 amide bonds. The van der Waals surface area contributed by atoms with Crippen molar-refractivity contribution < 1.29 is 21.6 Å². The smallest absolute Gasteiger partial charge is 0.152 e. The molecule has 0 aromatic rings. The summed E-state index contributed by atoms with van der Waals surface area (Å²) in [7, 11) is -5.94. The third-order valence-corrected chi connectivity index (χ3v) is 8.17. The van der Waals surface area contributed by atoms with Crippen molar-refractivity contribution in [3.8, 4) is 0 Å². The summed E-state index contributed by atoms with van der Waals surface area (Å²) in [6, 6.07) is 0. The Morgan fingerprint density at radius 3 is 1.52 bits per heavy atom. The molecule has 1 atom stereocenters. The van der Waals surface area contributed by atoms with E-state index < -0.39 is 19.7 Å². The number of hydrogen-bond acceptors (Lipinski definition) is 5. The minimum atomic E-state index is -3.00. The summed E-state index contributed by atoms with van der Waals surface area (Å²) in [5.74, 6) is 0.875. The lowest BCUT2D eigenvalue weighted by molar-refractivity contribution is 0.422. The first-order valence-corrected chi connectivity index (χ1v) is 13.5. The molecule has 1 aliphatic heterocycles. The first-order valence-electron chi connectivity index (χ1n) is 9.87. The van der Waals surface area contributed by atoms with Crippen LogP contribution >= 0.6 is 0 Å². The van der Waals surface area contributed by atoms with Gasteiger partial charge >= 0.3 is 0 Å². The van der Waals surface area contributed by atoms with E-state index in [4.69, 9.17) is 4.74 Å². The maximum absolute atomic E-state index is 12.0. The Hall–Kier alpha value is -0.140. The lowest BCUT2D eigenvalue weighted by atomic mass is 10.1. The lowest BCUT2D eigenvalue weighted by Gasteiger charge is -2.05. The molecule has 1 aliphatic rings. The van der Waals surface area contributed by atoms with Gasteiger partial charge in [-0.05, 0) is 19.3 Å². The van der Waals surface area contributed by atoms with Gasteiger partial charge in [-0.1, -0.05) is 58.3 Å². The standard InChI is InChI=1S/C18H36O5S2/c1-2-3-4-5-6-7-10-13-24(19,20)14-11-8-9-12-15-25(21,22)17-18-16-23-18/h18H,2-17H2,1H3. The fourth-order valence-corrected chi connectivity index (χ4v) is 5.97. The molecule has 0 aromatic heterocycles. The molecule has 1 rings (SSSR count). The molecule has 1 heterocycles. The quantitative estimate of drug-likeness (QED) is 0.277. The first kappa shape index (κ1) is 22.9. The van der Waals surface area contributed by atoms with Gasteiger partial charge in [-0.25, -0.2) is 16.8 Å². The summed E-state index contributed by atoms with van der Waals surface area (Å²) in [5.41, 5.74) is 0. The van der Waals surface area contributed by atoms with E-state index >= 15 is 0 Å². The summed E-state index contributed by atoms with van der Waals surface area (Å²) in [5, 5.41) is 0. The lowest BCUT2D eigenvalue weighted by Crippen LogP contribution is -2.15. The maximum Gasteiger partial charge on any atom is 0.152 e. The van der Waals surface area contributed by atoms with E-state index in [9.17, 15) is 16.8 Å². The van der Waals surface area contributed by atoms with E-state index in [-0.39, 0.29) is 23.4 Å². The highest BCUT2D eigenvalue weighted by molar-refractivity contribution is 7.91. The number of rotatable bonds is 17. The fourth-order valence-electron chi connectivity index (χ4n) is 2.91. The third-order valence-electron chi connectivity index (χ3n) is 4.56. The van der Waals surface area contributed by atoms with Gasteiger partial charge in [0.1, 0.15) is 9.84 Å². The maximum atomic E-state index is 12.0. The van der Waals surface area contributed by atoms with Gasteiger partial charge in [0, 0.05) is 0 Å². The molecule has 1 fully saturated rings. The minimum absolute atomic E-state index is 0.0817. The number of hydrogen-bond donors (Lipinski definition) is 0. The fraction of sp³-hybridized carbons (Fsp3) is 1.00. The summed E-state index contributed by atoms with van der Waals surface area (Å²) < 4.78 is 52.4. The van der Waals surface area contributed by atoms with Gasteiger partial charge in [0.25, 0.3) is 0 Å². The second kappa shape index (κ2) is 12.3. The van der Waals surface area contributed by atoms with E-state index in [1.807, 2.05) is 0 Å². The molecule has 1 unspecified atom stereocenters. The van der Waals surface area contributed by atoms with Crippen LogP contribution in [0, 0.1) is 0 Å². The van der Waals surface area contributed by atoms with Gasteiger partial charge in [0.15, 0.2) is 9.84 Å². The van der Waals surface area contributed by atoms with Crippen molar-refractivity contribution in [3.05, 3.63) is 0 Å². The highest BCUT2D eigenvalue weighted by Gasteiger charge is 2.28. The van der Waals surface area contributed by atoms with Crippen LogP contribution < -0.4 is 0 Å². The summed E-state index contributed by atoms with van der Waals surface area (Å²) in [6.45, 7) is 2.75. The van der Waals surface area contributed by atoms with Crippen LogP contribution in [0.3, 0.4) is 0 Å². The SMILES string of the molecule is CCCCCCCCCS(=O)(=O)CCCCCCS(=O)(=O)CC1CO1. The highest BCUT2D eigenvalue weighted by atomic mass is 32.2. The van der Waals surface area contributed by atoms with Gasteiger partial charge in [0.05, 0.1) is 35.7 Å². The summed E-state index contributed by atoms with van der Waals surface area (Å²) in [6.07, 6.45) is 10.6. The molecule has 25 heavy (non-hydrogen) atoms. The average Bonchev–Trinajstić information content (AvgIpc) is 3.33. The predicted octanol–water partition coefficient (Wildman–Crippen LogP) is 3.53. The summed E-state index contributed by atoms with van der Waals surface area (Å²) in [4.78, 5) is 0. The van der Waals surface area contributed by atoms with Crippen LogP contribution in [0.4, 0.5) is 0 Å². The topological polar surface area (TPSA) is 80.8 Å². The second-order valence-electron chi connectivity index (χ2n) is 7.26. The summed E-state index contributed by atoms with van der Waals surface area (Å²) >= 11 is 0. The Morgan fingerprint density at radius 2 is 1.08 bits per heavy atom. The van der Waals surface area contributed by atoms with Crippen LogP contribution in [0.5, 0.6) is 0 Å².